The lowest BCUT2D eigenvalue weighted by Crippen LogP contribution is -2.33. The zero-order valence-electron chi connectivity index (χ0n) is 10.8. The summed E-state index contributed by atoms with van der Waals surface area (Å²) in [7, 11) is -4.00. The van der Waals surface area contributed by atoms with Crippen molar-refractivity contribution in [1.29, 1.82) is 0 Å². The van der Waals surface area contributed by atoms with Gasteiger partial charge in [0.05, 0.1) is 11.0 Å². The zero-order chi connectivity index (χ0) is 15.7. The van der Waals surface area contributed by atoms with Crippen LogP contribution in [-0.2, 0) is 10.0 Å². The first kappa shape index (κ1) is 16.1. The number of alkyl halides is 3. The molecule has 1 aromatic carbocycles. The molecule has 1 aliphatic rings. The predicted molar refractivity (Wildman–Crippen MR) is 67.0 cm³/mol. The molecular formula is C12H14F3NO4S. The fourth-order valence-electron chi connectivity index (χ4n) is 1.76. The van der Waals surface area contributed by atoms with Gasteiger partial charge in [0.25, 0.3) is 0 Å². The SMILES string of the molecule is O=S(=O)(NCC(O)C1CC1)c1cccc(OC(F)(F)F)c1. The maximum absolute atomic E-state index is 12.1. The molecule has 0 radical (unpaired) electrons. The normalized spacial score (nSPS) is 17.5. The minimum atomic E-state index is -4.89. The number of rotatable bonds is 6. The molecule has 1 atom stereocenters. The van der Waals surface area contributed by atoms with E-state index in [0.29, 0.717) is 0 Å². The van der Waals surface area contributed by atoms with E-state index in [9.17, 15) is 26.7 Å². The van der Waals surface area contributed by atoms with Crippen molar-refractivity contribution in [3.05, 3.63) is 24.3 Å². The summed E-state index contributed by atoms with van der Waals surface area (Å²) < 4.78 is 66.0. The maximum atomic E-state index is 12.1. The summed E-state index contributed by atoms with van der Waals surface area (Å²) >= 11 is 0. The van der Waals surface area contributed by atoms with Crippen molar-refractivity contribution in [2.45, 2.75) is 30.2 Å². The van der Waals surface area contributed by atoms with Crippen LogP contribution in [0, 0.1) is 5.92 Å². The molecule has 1 aromatic rings. The highest BCUT2D eigenvalue weighted by atomic mass is 32.2. The van der Waals surface area contributed by atoms with E-state index in [4.69, 9.17) is 0 Å². The van der Waals surface area contributed by atoms with E-state index < -0.39 is 28.2 Å². The average molecular weight is 325 g/mol. The molecule has 0 aromatic heterocycles. The summed E-state index contributed by atoms with van der Waals surface area (Å²) in [6.45, 7) is -0.169. The second kappa shape index (κ2) is 5.82. The van der Waals surface area contributed by atoms with Crippen molar-refractivity contribution in [1.82, 2.24) is 4.72 Å². The van der Waals surface area contributed by atoms with Crippen molar-refractivity contribution < 1.29 is 31.4 Å². The number of aliphatic hydroxyl groups is 1. The molecule has 0 heterocycles. The first-order valence-corrected chi connectivity index (χ1v) is 7.69. The largest absolute Gasteiger partial charge is 0.573 e. The fourth-order valence-corrected chi connectivity index (χ4v) is 2.85. The van der Waals surface area contributed by atoms with Crippen LogP contribution >= 0.6 is 0 Å². The highest BCUT2D eigenvalue weighted by molar-refractivity contribution is 7.89. The van der Waals surface area contributed by atoms with E-state index in [2.05, 4.69) is 9.46 Å². The van der Waals surface area contributed by atoms with Gasteiger partial charge in [0.1, 0.15) is 5.75 Å². The fraction of sp³-hybridized carbons (Fsp3) is 0.500. The molecule has 0 aliphatic heterocycles. The zero-order valence-corrected chi connectivity index (χ0v) is 11.6. The molecule has 0 amide bonds. The van der Waals surface area contributed by atoms with Gasteiger partial charge in [-0.25, -0.2) is 13.1 Å². The number of benzene rings is 1. The van der Waals surface area contributed by atoms with Gasteiger partial charge in [0.15, 0.2) is 0 Å². The quantitative estimate of drug-likeness (QED) is 0.834. The summed E-state index contributed by atoms with van der Waals surface area (Å²) in [5, 5.41) is 9.61. The van der Waals surface area contributed by atoms with Gasteiger partial charge in [-0.15, -0.1) is 13.2 Å². The summed E-state index contributed by atoms with van der Waals surface area (Å²) in [4.78, 5) is -0.354. The van der Waals surface area contributed by atoms with E-state index in [0.717, 1.165) is 37.1 Å². The average Bonchev–Trinajstić information content (AvgIpc) is 3.18. The summed E-state index contributed by atoms with van der Waals surface area (Å²) in [6.07, 6.45) is -3.98. The van der Waals surface area contributed by atoms with Gasteiger partial charge < -0.3 is 9.84 Å². The molecule has 0 saturated heterocycles. The van der Waals surface area contributed by atoms with Gasteiger partial charge in [0.2, 0.25) is 10.0 Å². The highest BCUT2D eigenvalue weighted by Gasteiger charge is 2.32. The van der Waals surface area contributed by atoms with Crippen LogP contribution in [0.15, 0.2) is 29.2 Å². The number of ether oxygens (including phenoxy) is 1. The van der Waals surface area contributed by atoms with Gasteiger partial charge in [-0.3, -0.25) is 0 Å². The van der Waals surface area contributed by atoms with Gasteiger partial charge >= 0.3 is 6.36 Å². The van der Waals surface area contributed by atoms with Crippen molar-refractivity contribution in [2.75, 3.05) is 6.54 Å². The molecule has 0 bridgehead atoms. The Morgan fingerprint density at radius 1 is 1.38 bits per heavy atom. The summed E-state index contributed by atoms with van der Waals surface area (Å²) in [5.74, 6) is -0.527. The molecule has 2 N–H and O–H groups in total. The molecular weight excluding hydrogens is 311 g/mol. The molecule has 1 unspecified atom stereocenters. The number of hydrogen-bond donors (Lipinski definition) is 2. The van der Waals surface area contributed by atoms with Gasteiger partial charge in [-0.05, 0) is 30.9 Å². The third-order valence-corrected chi connectivity index (χ3v) is 4.42. The second-order valence-electron chi connectivity index (χ2n) is 4.78. The van der Waals surface area contributed by atoms with E-state index in [1.807, 2.05) is 0 Å². The third-order valence-electron chi connectivity index (χ3n) is 3.00. The second-order valence-corrected chi connectivity index (χ2v) is 6.55. The Morgan fingerprint density at radius 3 is 2.62 bits per heavy atom. The van der Waals surface area contributed by atoms with E-state index >= 15 is 0 Å². The third kappa shape index (κ3) is 4.87. The van der Waals surface area contributed by atoms with Crippen molar-refractivity contribution >= 4 is 10.0 Å². The summed E-state index contributed by atoms with van der Waals surface area (Å²) in [5.41, 5.74) is 0. The van der Waals surface area contributed by atoms with Crippen molar-refractivity contribution in [2.24, 2.45) is 5.92 Å². The van der Waals surface area contributed by atoms with Gasteiger partial charge in [0, 0.05) is 12.6 Å². The maximum Gasteiger partial charge on any atom is 0.573 e. The number of aliphatic hydroxyl groups excluding tert-OH is 1. The van der Waals surface area contributed by atoms with Gasteiger partial charge in [-0.1, -0.05) is 6.07 Å². The lowest BCUT2D eigenvalue weighted by atomic mass is 10.2. The Balaban J connectivity index is 2.06. The molecule has 5 nitrogen and oxygen atoms in total. The minimum absolute atomic E-state index is 0.0904. The Labute approximate surface area is 119 Å². The highest BCUT2D eigenvalue weighted by Crippen LogP contribution is 2.32. The number of sulfonamides is 1. The van der Waals surface area contributed by atoms with Crippen LogP contribution in [0.5, 0.6) is 5.75 Å². The summed E-state index contributed by atoms with van der Waals surface area (Å²) in [6, 6.07) is 4.08. The predicted octanol–water partition coefficient (Wildman–Crippen LogP) is 1.63. The smallest absolute Gasteiger partial charge is 0.406 e. The molecule has 21 heavy (non-hydrogen) atoms. The first-order valence-electron chi connectivity index (χ1n) is 6.21. The molecule has 2 rings (SSSR count). The molecule has 1 fully saturated rings. The van der Waals surface area contributed by atoms with E-state index in [1.165, 1.54) is 0 Å². The van der Waals surface area contributed by atoms with E-state index in [-0.39, 0.29) is 17.4 Å². The molecule has 118 valence electrons. The monoisotopic (exact) mass is 325 g/mol. The first-order chi connectivity index (χ1) is 9.67. The number of nitrogens with one attached hydrogen (secondary N) is 1. The van der Waals surface area contributed by atoms with E-state index in [1.54, 1.807) is 0 Å². The Bertz CT molecular complexity index is 599. The van der Waals surface area contributed by atoms with Crippen LogP contribution in [0.4, 0.5) is 13.2 Å². The van der Waals surface area contributed by atoms with Crippen LogP contribution in [0.3, 0.4) is 0 Å². The van der Waals surface area contributed by atoms with Crippen LogP contribution in [0.2, 0.25) is 0 Å². The Hall–Kier alpha value is -1.32. The molecule has 0 spiro atoms. The Morgan fingerprint density at radius 2 is 2.05 bits per heavy atom. The molecule has 9 heteroatoms. The lowest BCUT2D eigenvalue weighted by Gasteiger charge is -2.13. The lowest BCUT2D eigenvalue weighted by molar-refractivity contribution is -0.274. The Kier molecular flexibility index (Phi) is 4.45. The number of hydrogen-bond acceptors (Lipinski definition) is 4. The molecule has 1 saturated carbocycles. The minimum Gasteiger partial charge on any atom is -0.406 e. The van der Waals surface area contributed by atoms with Crippen LogP contribution in [0.25, 0.3) is 0 Å². The van der Waals surface area contributed by atoms with Crippen molar-refractivity contribution in [3.63, 3.8) is 0 Å². The van der Waals surface area contributed by atoms with Crippen molar-refractivity contribution in [3.8, 4) is 5.75 Å². The van der Waals surface area contributed by atoms with Crippen LogP contribution in [0.1, 0.15) is 12.8 Å². The topological polar surface area (TPSA) is 75.6 Å². The number of halogens is 3. The van der Waals surface area contributed by atoms with Crippen LogP contribution < -0.4 is 9.46 Å². The standard InChI is InChI=1S/C12H14F3NO4S/c13-12(14,15)20-9-2-1-3-10(6-9)21(18,19)16-7-11(17)8-4-5-8/h1-3,6,8,11,16-17H,4-5,7H2. The van der Waals surface area contributed by atoms with Gasteiger partial charge in [-0.2, -0.15) is 0 Å². The van der Waals surface area contributed by atoms with Crippen LogP contribution in [-0.4, -0.2) is 32.5 Å². The molecule has 1 aliphatic carbocycles.